The lowest BCUT2D eigenvalue weighted by Crippen LogP contribution is -2.30. The molecule has 1 saturated heterocycles. The SMILES string of the molecule is O=C(Nc1ccc(-c2ccc(N3CCCCC3)nn2)cc1)c1cnn(-c2ccccc2)n1. The zero-order chi connectivity index (χ0) is 21.8. The van der Waals surface area contributed by atoms with Gasteiger partial charge in [0.05, 0.1) is 17.6 Å². The number of hydrogen-bond donors (Lipinski definition) is 1. The number of benzene rings is 2. The number of carbonyl (C=O) groups is 1. The molecule has 0 atom stereocenters. The van der Waals surface area contributed by atoms with Crippen LogP contribution in [-0.2, 0) is 0 Å². The van der Waals surface area contributed by atoms with E-state index in [0.29, 0.717) is 5.69 Å². The third kappa shape index (κ3) is 4.34. The fourth-order valence-electron chi connectivity index (χ4n) is 3.74. The van der Waals surface area contributed by atoms with Gasteiger partial charge in [0, 0.05) is 24.3 Å². The molecule has 1 fully saturated rings. The van der Waals surface area contributed by atoms with Crippen LogP contribution < -0.4 is 10.2 Å². The minimum absolute atomic E-state index is 0.247. The largest absolute Gasteiger partial charge is 0.355 e. The fourth-order valence-corrected chi connectivity index (χ4v) is 3.74. The van der Waals surface area contributed by atoms with Gasteiger partial charge >= 0.3 is 0 Å². The molecule has 2 aromatic carbocycles. The lowest BCUT2D eigenvalue weighted by Gasteiger charge is -2.27. The summed E-state index contributed by atoms with van der Waals surface area (Å²) in [7, 11) is 0. The summed E-state index contributed by atoms with van der Waals surface area (Å²) >= 11 is 0. The standard InChI is InChI=1S/C24H23N7O/c32-24(22-17-25-31(29-22)20-7-3-1-4-8-20)26-19-11-9-18(10-12-19)21-13-14-23(28-27-21)30-15-5-2-6-16-30/h1,3-4,7-14,17H,2,5-6,15-16H2,(H,26,32). The molecule has 4 aromatic rings. The second-order valence-corrected chi connectivity index (χ2v) is 7.71. The number of carbonyl (C=O) groups excluding carboxylic acids is 1. The Labute approximate surface area is 185 Å². The molecule has 0 aliphatic carbocycles. The lowest BCUT2D eigenvalue weighted by molar-refractivity contribution is 0.102. The predicted molar refractivity (Wildman–Crippen MR) is 123 cm³/mol. The minimum Gasteiger partial charge on any atom is -0.355 e. The van der Waals surface area contributed by atoms with Crippen LogP contribution in [0.2, 0.25) is 0 Å². The smallest absolute Gasteiger partial charge is 0.277 e. The summed E-state index contributed by atoms with van der Waals surface area (Å²) in [6.45, 7) is 2.09. The van der Waals surface area contributed by atoms with E-state index in [1.54, 1.807) is 0 Å². The second-order valence-electron chi connectivity index (χ2n) is 7.71. The topological polar surface area (TPSA) is 88.8 Å². The number of amides is 1. The molecule has 3 heterocycles. The van der Waals surface area contributed by atoms with Crippen molar-refractivity contribution in [2.75, 3.05) is 23.3 Å². The molecular formula is C24H23N7O. The van der Waals surface area contributed by atoms with Crippen molar-refractivity contribution in [1.82, 2.24) is 25.2 Å². The Balaban J connectivity index is 1.24. The number of nitrogens with one attached hydrogen (secondary N) is 1. The van der Waals surface area contributed by atoms with Crippen molar-refractivity contribution in [2.24, 2.45) is 0 Å². The highest BCUT2D eigenvalue weighted by Crippen LogP contribution is 2.22. The first-order chi connectivity index (χ1) is 15.8. The first-order valence-electron chi connectivity index (χ1n) is 10.7. The van der Waals surface area contributed by atoms with Crippen molar-refractivity contribution in [3.05, 3.63) is 78.6 Å². The van der Waals surface area contributed by atoms with Crippen molar-refractivity contribution in [2.45, 2.75) is 19.3 Å². The maximum absolute atomic E-state index is 12.5. The summed E-state index contributed by atoms with van der Waals surface area (Å²) in [6.07, 6.45) is 5.16. The average Bonchev–Trinajstić information content (AvgIpc) is 3.37. The third-order valence-electron chi connectivity index (χ3n) is 5.48. The molecule has 160 valence electrons. The maximum Gasteiger partial charge on any atom is 0.277 e. The van der Waals surface area contributed by atoms with E-state index in [2.05, 4.69) is 30.6 Å². The summed E-state index contributed by atoms with van der Waals surface area (Å²) in [6, 6.07) is 21.0. The van der Waals surface area contributed by atoms with Crippen LogP contribution in [0.4, 0.5) is 11.5 Å². The van der Waals surface area contributed by atoms with Gasteiger partial charge in [0.15, 0.2) is 11.5 Å². The third-order valence-corrected chi connectivity index (χ3v) is 5.48. The van der Waals surface area contributed by atoms with E-state index in [0.717, 1.165) is 35.9 Å². The Hall–Kier alpha value is -4.07. The van der Waals surface area contributed by atoms with Gasteiger partial charge in [0.25, 0.3) is 5.91 Å². The summed E-state index contributed by atoms with van der Waals surface area (Å²) in [4.78, 5) is 16.3. The average molecular weight is 425 g/mol. The van der Waals surface area contributed by atoms with Crippen molar-refractivity contribution in [1.29, 1.82) is 0 Å². The van der Waals surface area contributed by atoms with Crippen LogP contribution in [0.5, 0.6) is 0 Å². The lowest BCUT2D eigenvalue weighted by atomic mass is 10.1. The maximum atomic E-state index is 12.5. The molecule has 32 heavy (non-hydrogen) atoms. The van der Waals surface area contributed by atoms with Crippen molar-refractivity contribution >= 4 is 17.4 Å². The molecule has 2 aromatic heterocycles. The number of rotatable bonds is 5. The molecule has 1 N–H and O–H groups in total. The van der Waals surface area contributed by atoms with Crippen LogP contribution >= 0.6 is 0 Å². The molecule has 1 amide bonds. The van der Waals surface area contributed by atoms with Gasteiger partial charge in [-0.15, -0.1) is 15.3 Å². The Kier molecular flexibility index (Phi) is 5.57. The summed E-state index contributed by atoms with van der Waals surface area (Å²) in [5.74, 6) is 0.617. The van der Waals surface area contributed by atoms with Crippen LogP contribution in [0.15, 0.2) is 72.9 Å². The van der Waals surface area contributed by atoms with E-state index in [-0.39, 0.29) is 11.6 Å². The quantitative estimate of drug-likeness (QED) is 0.521. The van der Waals surface area contributed by atoms with Crippen LogP contribution in [0.3, 0.4) is 0 Å². The minimum atomic E-state index is -0.314. The molecule has 0 saturated carbocycles. The molecule has 8 heteroatoms. The van der Waals surface area contributed by atoms with E-state index in [9.17, 15) is 4.79 Å². The summed E-state index contributed by atoms with van der Waals surface area (Å²) < 4.78 is 0. The normalized spacial score (nSPS) is 13.7. The number of nitrogens with zero attached hydrogens (tertiary/aromatic N) is 6. The monoisotopic (exact) mass is 425 g/mol. The zero-order valence-corrected chi connectivity index (χ0v) is 17.6. The summed E-state index contributed by atoms with van der Waals surface area (Å²) in [5.41, 5.74) is 3.46. The van der Waals surface area contributed by atoms with Crippen LogP contribution in [0.25, 0.3) is 16.9 Å². The van der Waals surface area contributed by atoms with Gasteiger partial charge in [-0.1, -0.05) is 30.3 Å². The van der Waals surface area contributed by atoms with Crippen LogP contribution in [0, 0.1) is 0 Å². The highest BCUT2D eigenvalue weighted by atomic mass is 16.2. The molecular weight excluding hydrogens is 402 g/mol. The van der Waals surface area contributed by atoms with Crippen LogP contribution in [0.1, 0.15) is 29.8 Å². The fraction of sp³-hybridized carbons (Fsp3) is 0.208. The molecule has 5 rings (SSSR count). The molecule has 0 unspecified atom stereocenters. The molecule has 8 nitrogen and oxygen atoms in total. The van der Waals surface area contributed by atoms with E-state index in [1.807, 2.05) is 66.7 Å². The van der Waals surface area contributed by atoms with Gasteiger partial charge in [-0.2, -0.15) is 9.90 Å². The van der Waals surface area contributed by atoms with Gasteiger partial charge in [-0.05, 0) is 55.7 Å². The van der Waals surface area contributed by atoms with Gasteiger partial charge in [0.1, 0.15) is 0 Å². The molecule has 0 bridgehead atoms. The van der Waals surface area contributed by atoms with E-state index in [4.69, 9.17) is 0 Å². The Morgan fingerprint density at radius 1 is 0.844 bits per heavy atom. The molecule has 0 spiro atoms. The van der Waals surface area contributed by atoms with Gasteiger partial charge in [-0.3, -0.25) is 4.79 Å². The Morgan fingerprint density at radius 2 is 1.62 bits per heavy atom. The zero-order valence-electron chi connectivity index (χ0n) is 17.6. The first-order valence-corrected chi connectivity index (χ1v) is 10.7. The number of para-hydroxylation sites is 1. The number of anilines is 2. The van der Waals surface area contributed by atoms with E-state index < -0.39 is 0 Å². The highest BCUT2D eigenvalue weighted by molar-refractivity contribution is 6.02. The van der Waals surface area contributed by atoms with Gasteiger partial charge in [0.2, 0.25) is 0 Å². The number of piperidine rings is 1. The van der Waals surface area contributed by atoms with Gasteiger partial charge < -0.3 is 10.2 Å². The van der Waals surface area contributed by atoms with E-state index >= 15 is 0 Å². The van der Waals surface area contributed by atoms with E-state index in [1.165, 1.54) is 30.3 Å². The highest BCUT2D eigenvalue weighted by Gasteiger charge is 2.14. The molecule has 1 aliphatic rings. The Morgan fingerprint density at radius 3 is 2.34 bits per heavy atom. The molecule has 1 aliphatic heterocycles. The van der Waals surface area contributed by atoms with Crippen molar-refractivity contribution in [3.63, 3.8) is 0 Å². The van der Waals surface area contributed by atoms with Crippen LogP contribution in [-0.4, -0.2) is 44.2 Å². The van der Waals surface area contributed by atoms with Crippen molar-refractivity contribution in [3.8, 4) is 16.9 Å². The number of hydrogen-bond acceptors (Lipinski definition) is 6. The van der Waals surface area contributed by atoms with Gasteiger partial charge in [-0.25, -0.2) is 0 Å². The Bertz CT molecular complexity index is 1180. The number of aromatic nitrogens is 5. The summed E-state index contributed by atoms with van der Waals surface area (Å²) in [5, 5.41) is 20.1. The predicted octanol–water partition coefficient (Wildman–Crippen LogP) is 3.97. The van der Waals surface area contributed by atoms with Crippen molar-refractivity contribution < 1.29 is 4.79 Å². The second kappa shape index (κ2) is 8.97. The molecule has 0 radical (unpaired) electrons. The first kappa shape index (κ1) is 19.9.